The Bertz CT molecular complexity index is 308. The maximum Gasteiger partial charge on any atom is 0.326 e. The predicted octanol–water partition coefficient (Wildman–Crippen LogP) is 0.652. The summed E-state index contributed by atoms with van der Waals surface area (Å²) in [7, 11) is 0. The lowest BCUT2D eigenvalue weighted by Crippen LogP contribution is -2.53. The van der Waals surface area contributed by atoms with Crippen molar-refractivity contribution in [3.8, 4) is 0 Å². The molecule has 6 nitrogen and oxygen atoms in total. The molecule has 3 N–H and O–H groups in total. The average Bonchev–Trinajstić information content (AvgIpc) is 2.31. The van der Waals surface area contributed by atoms with E-state index in [4.69, 9.17) is 5.11 Å². The van der Waals surface area contributed by atoms with Gasteiger partial charge in [0.1, 0.15) is 6.04 Å². The summed E-state index contributed by atoms with van der Waals surface area (Å²) in [6.07, 6.45) is 1.31. The Labute approximate surface area is 107 Å². The third-order valence-corrected chi connectivity index (χ3v) is 3.38. The summed E-state index contributed by atoms with van der Waals surface area (Å²) in [6.45, 7) is 4.64. The first-order valence-corrected chi connectivity index (χ1v) is 6.42. The number of nitrogens with one attached hydrogen (secondary N) is 1. The molecule has 0 spiro atoms. The SMILES string of the molecule is CCCC(NC(=O)N1CCC(C)C(O)C1)C(=O)O. The van der Waals surface area contributed by atoms with Gasteiger partial charge >= 0.3 is 12.0 Å². The second kappa shape index (κ2) is 6.58. The van der Waals surface area contributed by atoms with Crippen LogP contribution in [0.4, 0.5) is 4.79 Å². The molecule has 3 unspecified atom stereocenters. The average molecular weight is 258 g/mol. The molecule has 3 atom stereocenters. The molecule has 1 aliphatic rings. The quantitative estimate of drug-likeness (QED) is 0.690. The molecule has 0 aliphatic carbocycles. The minimum absolute atomic E-state index is 0.181. The Hall–Kier alpha value is -1.30. The highest BCUT2D eigenvalue weighted by molar-refractivity contribution is 5.82. The molecule has 1 rings (SSSR count). The number of aliphatic hydroxyl groups is 1. The van der Waals surface area contributed by atoms with Gasteiger partial charge < -0.3 is 20.4 Å². The Balaban J connectivity index is 2.51. The van der Waals surface area contributed by atoms with Gasteiger partial charge in [-0.25, -0.2) is 9.59 Å². The summed E-state index contributed by atoms with van der Waals surface area (Å²) in [5, 5.41) is 21.2. The number of nitrogens with zero attached hydrogens (tertiary/aromatic N) is 1. The number of likely N-dealkylation sites (tertiary alicyclic amines) is 1. The van der Waals surface area contributed by atoms with Crippen molar-refractivity contribution in [2.24, 2.45) is 5.92 Å². The molecule has 6 heteroatoms. The van der Waals surface area contributed by atoms with E-state index in [2.05, 4.69) is 5.32 Å². The van der Waals surface area contributed by atoms with Gasteiger partial charge in [0.15, 0.2) is 0 Å². The van der Waals surface area contributed by atoms with Gasteiger partial charge in [0.25, 0.3) is 0 Å². The van der Waals surface area contributed by atoms with E-state index in [1.54, 1.807) is 0 Å². The summed E-state index contributed by atoms with van der Waals surface area (Å²) < 4.78 is 0. The number of hydrogen-bond acceptors (Lipinski definition) is 3. The maximum atomic E-state index is 11.9. The van der Waals surface area contributed by atoms with Gasteiger partial charge in [-0.2, -0.15) is 0 Å². The van der Waals surface area contributed by atoms with E-state index in [0.29, 0.717) is 19.4 Å². The van der Waals surface area contributed by atoms with E-state index < -0.39 is 24.1 Å². The number of carbonyl (C=O) groups is 2. The molecule has 0 aromatic heterocycles. The van der Waals surface area contributed by atoms with Crippen molar-refractivity contribution in [2.75, 3.05) is 13.1 Å². The first-order valence-electron chi connectivity index (χ1n) is 6.42. The van der Waals surface area contributed by atoms with E-state index in [1.165, 1.54) is 4.90 Å². The third kappa shape index (κ3) is 3.87. The topological polar surface area (TPSA) is 89.9 Å². The van der Waals surface area contributed by atoms with Crippen LogP contribution >= 0.6 is 0 Å². The summed E-state index contributed by atoms with van der Waals surface area (Å²) in [6, 6.07) is -1.25. The number of carbonyl (C=O) groups excluding carboxylic acids is 1. The number of carboxylic acids is 1. The van der Waals surface area contributed by atoms with Gasteiger partial charge in [-0.05, 0) is 18.8 Å². The second-order valence-corrected chi connectivity index (χ2v) is 4.91. The highest BCUT2D eigenvalue weighted by Gasteiger charge is 2.29. The number of aliphatic hydroxyl groups excluding tert-OH is 1. The lowest BCUT2D eigenvalue weighted by molar-refractivity contribution is -0.139. The molecule has 1 heterocycles. The fourth-order valence-corrected chi connectivity index (χ4v) is 2.02. The predicted molar refractivity (Wildman–Crippen MR) is 66.2 cm³/mol. The molecule has 1 aliphatic heterocycles. The fraction of sp³-hybridized carbons (Fsp3) is 0.833. The smallest absolute Gasteiger partial charge is 0.326 e. The number of β-amino-alcohol motifs (C(OH)–C–C–N with tert-alkyl or cyclic N) is 1. The molecule has 0 bridgehead atoms. The number of urea groups is 1. The summed E-state index contributed by atoms with van der Waals surface area (Å²) in [5.41, 5.74) is 0. The second-order valence-electron chi connectivity index (χ2n) is 4.91. The lowest BCUT2D eigenvalue weighted by atomic mass is 9.96. The molecule has 104 valence electrons. The van der Waals surface area contributed by atoms with Gasteiger partial charge in [0.2, 0.25) is 0 Å². The number of aliphatic carboxylic acids is 1. The molecule has 0 radical (unpaired) electrons. The minimum atomic E-state index is -1.02. The van der Waals surface area contributed by atoms with Crippen LogP contribution in [-0.4, -0.2) is 52.3 Å². The Morgan fingerprint density at radius 3 is 2.67 bits per heavy atom. The van der Waals surface area contributed by atoms with Gasteiger partial charge in [-0.1, -0.05) is 20.3 Å². The molecule has 0 aromatic carbocycles. The lowest BCUT2D eigenvalue weighted by Gasteiger charge is -2.34. The van der Waals surface area contributed by atoms with Crippen LogP contribution in [0.25, 0.3) is 0 Å². The summed E-state index contributed by atoms with van der Waals surface area (Å²) in [4.78, 5) is 24.3. The van der Waals surface area contributed by atoms with Crippen molar-refractivity contribution < 1.29 is 19.8 Å². The van der Waals surface area contributed by atoms with Crippen LogP contribution in [0, 0.1) is 5.92 Å². The summed E-state index contributed by atoms with van der Waals surface area (Å²) in [5.74, 6) is -0.837. The van der Waals surface area contributed by atoms with E-state index >= 15 is 0 Å². The van der Waals surface area contributed by atoms with Crippen LogP contribution < -0.4 is 5.32 Å². The maximum absolute atomic E-state index is 11.9. The van der Waals surface area contributed by atoms with Crippen molar-refractivity contribution in [3.63, 3.8) is 0 Å². The molecule has 0 aromatic rings. The summed E-state index contributed by atoms with van der Waals surface area (Å²) >= 11 is 0. The van der Waals surface area contributed by atoms with Crippen molar-refractivity contribution in [2.45, 2.75) is 45.3 Å². The van der Waals surface area contributed by atoms with Gasteiger partial charge in [-0.15, -0.1) is 0 Å². The van der Waals surface area contributed by atoms with Crippen LogP contribution in [0.5, 0.6) is 0 Å². The molecule has 18 heavy (non-hydrogen) atoms. The van der Waals surface area contributed by atoms with Crippen molar-refractivity contribution in [1.82, 2.24) is 10.2 Å². The first kappa shape index (κ1) is 14.8. The third-order valence-electron chi connectivity index (χ3n) is 3.38. The Morgan fingerprint density at radius 1 is 1.50 bits per heavy atom. The zero-order valence-electron chi connectivity index (χ0n) is 10.9. The minimum Gasteiger partial charge on any atom is -0.480 e. The van der Waals surface area contributed by atoms with E-state index in [0.717, 1.165) is 6.42 Å². The monoisotopic (exact) mass is 258 g/mol. The van der Waals surface area contributed by atoms with Crippen molar-refractivity contribution in [1.29, 1.82) is 0 Å². The van der Waals surface area contributed by atoms with Crippen LogP contribution in [0.15, 0.2) is 0 Å². The van der Waals surface area contributed by atoms with Crippen molar-refractivity contribution in [3.05, 3.63) is 0 Å². The molecule has 1 fully saturated rings. The first-order chi connectivity index (χ1) is 8.45. The zero-order valence-corrected chi connectivity index (χ0v) is 10.9. The Morgan fingerprint density at radius 2 is 2.17 bits per heavy atom. The molecule has 1 saturated heterocycles. The standard InChI is InChI=1S/C12H22N2O4/c1-3-4-9(11(16)17)13-12(18)14-6-5-8(2)10(15)7-14/h8-10,15H,3-7H2,1-2H3,(H,13,18)(H,16,17). The number of amides is 2. The highest BCUT2D eigenvalue weighted by Crippen LogP contribution is 2.17. The van der Waals surface area contributed by atoms with Gasteiger partial charge in [0.05, 0.1) is 6.10 Å². The zero-order chi connectivity index (χ0) is 13.7. The number of hydrogen-bond donors (Lipinski definition) is 3. The van der Waals surface area contributed by atoms with Crippen molar-refractivity contribution >= 4 is 12.0 Å². The van der Waals surface area contributed by atoms with Crippen LogP contribution in [0.3, 0.4) is 0 Å². The van der Waals surface area contributed by atoms with E-state index in [1.807, 2.05) is 13.8 Å². The highest BCUT2D eigenvalue weighted by atomic mass is 16.4. The number of piperidine rings is 1. The molecular formula is C12H22N2O4. The normalized spacial score (nSPS) is 25.6. The molecular weight excluding hydrogens is 236 g/mol. The fourth-order valence-electron chi connectivity index (χ4n) is 2.02. The van der Waals surface area contributed by atoms with E-state index in [-0.39, 0.29) is 12.5 Å². The van der Waals surface area contributed by atoms with Crippen LogP contribution in [0.1, 0.15) is 33.1 Å². The molecule has 0 saturated carbocycles. The number of rotatable bonds is 4. The molecule has 2 amide bonds. The van der Waals surface area contributed by atoms with E-state index in [9.17, 15) is 14.7 Å². The number of carboxylic acid groups (broad SMARTS) is 1. The van der Waals surface area contributed by atoms with Gasteiger partial charge in [0, 0.05) is 13.1 Å². The largest absolute Gasteiger partial charge is 0.480 e. The van der Waals surface area contributed by atoms with Gasteiger partial charge in [-0.3, -0.25) is 0 Å². The van der Waals surface area contributed by atoms with Crippen LogP contribution in [0.2, 0.25) is 0 Å². The van der Waals surface area contributed by atoms with Crippen LogP contribution in [-0.2, 0) is 4.79 Å². The Kier molecular flexibility index (Phi) is 5.40.